The van der Waals surface area contributed by atoms with E-state index >= 15 is 0 Å². The van der Waals surface area contributed by atoms with Crippen LogP contribution in [0.3, 0.4) is 0 Å². The second kappa shape index (κ2) is 3.57. The van der Waals surface area contributed by atoms with E-state index < -0.39 is 0 Å². The van der Waals surface area contributed by atoms with E-state index in [1.807, 2.05) is 0 Å². The molecule has 1 N–H and O–H groups in total. The summed E-state index contributed by atoms with van der Waals surface area (Å²) in [5.74, 6) is 0.162. The second-order valence-electron chi connectivity index (χ2n) is 3.18. The molecular formula is C11H9NO3. The van der Waals surface area contributed by atoms with Gasteiger partial charge < -0.3 is 9.63 Å². The summed E-state index contributed by atoms with van der Waals surface area (Å²) in [6, 6.07) is 6.59. The Labute approximate surface area is 86.1 Å². The standard InChI is InChI=1S/C11H9NO3/c1-7(13)11-10(6-12-15-11)8-3-2-4-9(14)5-8/h2-6,14H,1H3. The number of hydrogen-bond acceptors (Lipinski definition) is 4. The molecule has 0 amide bonds. The van der Waals surface area contributed by atoms with E-state index in [0.29, 0.717) is 11.1 Å². The fourth-order valence-corrected chi connectivity index (χ4v) is 1.37. The third-order valence-corrected chi connectivity index (χ3v) is 2.05. The molecule has 2 rings (SSSR count). The Balaban J connectivity index is 2.54. The molecule has 0 unspecified atom stereocenters. The minimum absolute atomic E-state index is 0.142. The zero-order valence-corrected chi connectivity index (χ0v) is 8.10. The van der Waals surface area contributed by atoms with Crippen molar-refractivity contribution in [3.8, 4) is 16.9 Å². The van der Waals surface area contributed by atoms with Crippen molar-refractivity contribution >= 4 is 5.78 Å². The van der Waals surface area contributed by atoms with Crippen molar-refractivity contribution in [2.45, 2.75) is 6.92 Å². The van der Waals surface area contributed by atoms with Crippen molar-refractivity contribution in [3.05, 3.63) is 36.2 Å². The summed E-state index contributed by atoms with van der Waals surface area (Å²) in [7, 11) is 0. The van der Waals surface area contributed by atoms with Crippen molar-refractivity contribution < 1.29 is 14.4 Å². The average molecular weight is 203 g/mol. The van der Waals surface area contributed by atoms with Gasteiger partial charge in [-0.25, -0.2) is 0 Å². The molecule has 0 bridgehead atoms. The Hall–Kier alpha value is -2.10. The number of benzene rings is 1. The Morgan fingerprint density at radius 1 is 1.47 bits per heavy atom. The van der Waals surface area contributed by atoms with Crippen LogP contribution in [0.15, 0.2) is 35.0 Å². The predicted octanol–water partition coefficient (Wildman–Crippen LogP) is 2.25. The van der Waals surface area contributed by atoms with Crippen LogP contribution in [-0.4, -0.2) is 16.0 Å². The normalized spacial score (nSPS) is 10.2. The van der Waals surface area contributed by atoms with E-state index in [4.69, 9.17) is 4.52 Å². The van der Waals surface area contributed by atoms with E-state index in [2.05, 4.69) is 5.16 Å². The molecule has 0 atom stereocenters. The molecule has 1 aromatic heterocycles. The maximum Gasteiger partial charge on any atom is 0.209 e. The Morgan fingerprint density at radius 2 is 2.27 bits per heavy atom. The Kier molecular flexibility index (Phi) is 2.25. The summed E-state index contributed by atoms with van der Waals surface area (Å²) in [5.41, 5.74) is 1.31. The number of ketones is 1. The number of aromatic nitrogens is 1. The number of carbonyl (C=O) groups is 1. The van der Waals surface area contributed by atoms with Crippen molar-refractivity contribution in [1.29, 1.82) is 0 Å². The third kappa shape index (κ3) is 1.74. The first kappa shape index (κ1) is 9.45. The predicted molar refractivity (Wildman–Crippen MR) is 53.6 cm³/mol. The minimum atomic E-state index is -0.189. The summed E-state index contributed by atoms with van der Waals surface area (Å²) in [4.78, 5) is 11.2. The van der Waals surface area contributed by atoms with Crippen LogP contribution >= 0.6 is 0 Å². The van der Waals surface area contributed by atoms with Gasteiger partial charge in [-0.05, 0) is 17.7 Å². The van der Waals surface area contributed by atoms with Gasteiger partial charge >= 0.3 is 0 Å². The van der Waals surface area contributed by atoms with Gasteiger partial charge in [0.05, 0.1) is 11.8 Å². The number of rotatable bonds is 2. The van der Waals surface area contributed by atoms with E-state index in [1.165, 1.54) is 13.1 Å². The molecule has 0 saturated heterocycles. The van der Waals surface area contributed by atoms with Gasteiger partial charge in [-0.3, -0.25) is 4.79 Å². The maximum absolute atomic E-state index is 11.2. The average Bonchev–Trinajstić information content (AvgIpc) is 2.65. The highest BCUT2D eigenvalue weighted by Gasteiger charge is 2.14. The molecule has 0 saturated carbocycles. The van der Waals surface area contributed by atoms with Crippen LogP contribution in [0.25, 0.3) is 11.1 Å². The number of phenolic OH excluding ortho intramolecular Hbond substituents is 1. The molecule has 4 nitrogen and oxygen atoms in total. The molecule has 0 radical (unpaired) electrons. The third-order valence-electron chi connectivity index (χ3n) is 2.05. The van der Waals surface area contributed by atoms with E-state index in [0.717, 1.165) is 0 Å². The summed E-state index contributed by atoms with van der Waals surface area (Å²) in [6.45, 7) is 1.41. The first-order chi connectivity index (χ1) is 7.18. The van der Waals surface area contributed by atoms with Gasteiger partial charge in [-0.2, -0.15) is 0 Å². The monoisotopic (exact) mass is 203 g/mol. The molecule has 0 spiro atoms. The van der Waals surface area contributed by atoms with Crippen LogP contribution in [0.4, 0.5) is 0 Å². The van der Waals surface area contributed by atoms with Crippen LogP contribution in [0.1, 0.15) is 17.5 Å². The van der Waals surface area contributed by atoms with E-state index in [-0.39, 0.29) is 17.3 Å². The largest absolute Gasteiger partial charge is 0.508 e. The zero-order valence-electron chi connectivity index (χ0n) is 8.10. The van der Waals surface area contributed by atoms with Gasteiger partial charge in [-0.1, -0.05) is 17.3 Å². The fourth-order valence-electron chi connectivity index (χ4n) is 1.37. The Morgan fingerprint density at radius 3 is 2.93 bits per heavy atom. The lowest BCUT2D eigenvalue weighted by Gasteiger charge is -1.99. The summed E-state index contributed by atoms with van der Waals surface area (Å²) < 4.78 is 4.84. The Bertz CT molecular complexity index is 502. The molecule has 0 aliphatic carbocycles. The van der Waals surface area contributed by atoms with Crippen molar-refractivity contribution in [2.24, 2.45) is 0 Å². The lowest BCUT2D eigenvalue weighted by Crippen LogP contribution is -1.91. The molecule has 15 heavy (non-hydrogen) atoms. The maximum atomic E-state index is 11.2. The number of Topliss-reactive ketones (excluding diaryl/α,β-unsaturated/α-hetero) is 1. The van der Waals surface area contributed by atoms with Gasteiger partial charge in [0, 0.05) is 6.92 Å². The zero-order chi connectivity index (χ0) is 10.8. The summed E-state index contributed by atoms with van der Waals surface area (Å²) in [6.07, 6.45) is 1.46. The SMILES string of the molecule is CC(=O)c1oncc1-c1cccc(O)c1. The molecular weight excluding hydrogens is 194 g/mol. The molecule has 0 aliphatic heterocycles. The second-order valence-corrected chi connectivity index (χ2v) is 3.18. The molecule has 0 aliphatic rings. The van der Waals surface area contributed by atoms with Crippen LogP contribution in [-0.2, 0) is 0 Å². The number of phenols is 1. The van der Waals surface area contributed by atoms with E-state index in [9.17, 15) is 9.90 Å². The molecule has 76 valence electrons. The lowest BCUT2D eigenvalue weighted by atomic mass is 10.1. The highest BCUT2D eigenvalue weighted by Crippen LogP contribution is 2.26. The first-order valence-corrected chi connectivity index (χ1v) is 4.43. The number of nitrogens with zero attached hydrogens (tertiary/aromatic N) is 1. The van der Waals surface area contributed by atoms with Crippen LogP contribution in [0.5, 0.6) is 5.75 Å². The molecule has 0 fully saturated rings. The number of aromatic hydroxyl groups is 1. The number of carbonyl (C=O) groups excluding carboxylic acids is 1. The first-order valence-electron chi connectivity index (χ1n) is 4.43. The van der Waals surface area contributed by atoms with Crippen LogP contribution in [0, 0.1) is 0 Å². The topological polar surface area (TPSA) is 63.3 Å². The van der Waals surface area contributed by atoms with Crippen molar-refractivity contribution in [1.82, 2.24) is 5.16 Å². The summed E-state index contributed by atoms with van der Waals surface area (Å²) >= 11 is 0. The van der Waals surface area contributed by atoms with E-state index in [1.54, 1.807) is 24.3 Å². The van der Waals surface area contributed by atoms with Gasteiger partial charge in [0.2, 0.25) is 5.76 Å². The molecule has 2 aromatic rings. The number of hydrogen-bond donors (Lipinski definition) is 1. The molecule has 1 aromatic carbocycles. The van der Waals surface area contributed by atoms with Crippen molar-refractivity contribution in [3.63, 3.8) is 0 Å². The smallest absolute Gasteiger partial charge is 0.209 e. The highest BCUT2D eigenvalue weighted by molar-refractivity contribution is 5.97. The summed E-state index contributed by atoms with van der Waals surface area (Å²) in [5, 5.41) is 12.9. The van der Waals surface area contributed by atoms with Crippen LogP contribution < -0.4 is 0 Å². The molecule has 4 heteroatoms. The van der Waals surface area contributed by atoms with Gasteiger partial charge in [0.25, 0.3) is 0 Å². The van der Waals surface area contributed by atoms with Gasteiger partial charge in [0.1, 0.15) is 5.75 Å². The van der Waals surface area contributed by atoms with Crippen LogP contribution in [0.2, 0.25) is 0 Å². The highest BCUT2D eigenvalue weighted by atomic mass is 16.5. The fraction of sp³-hybridized carbons (Fsp3) is 0.0909. The minimum Gasteiger partial charge on any atom is -0.508 e. The molecule has 1 heterocycles. The van der Waals surface area contributed by atoms with Gasteiger partial charge in [0.15, 0.2) is 5.78 Å². The van der Waals surface area contributed by atoms with Crippen molar-refractivity contribution in [2.75, 3.05) is 0 Å². The lowest BCUT2D eigenvalue weighted by molar-refractivity contribution is 0.0979. The quantitative estimate of drug-likeness (QED) is 0.760. The van der Waals surface area contributed by atoms with Gasteiger partial charge in [-0.15, -0.1) is 0 Å².